The van der Waals surface area contributed by atoms with E-state index >= 15 is 0 Å². The number of nitrogens with one attached hydrogen (secondary N) is 1. The van der Waals surface area contributed by atoms with E-state index in [1.54, 1.807) is 4.68 Å². The fourth-order valence-corrected chi connectivity index (χ4v) is 3.48. The quantitative estimate of drug-likeness (QED) is 0.649. The van der Waals surface area contributed by atoms with Crippen LogP contribution in [0.25, 0.3) is 0 Å². The Balaban J connectivity index is 1.75. The monoisotopic (exact) mass is 291 g/mol. The zero-order chi connectivity index (χ0) is 13.0. The van der Waals surface area contributed by atoms with E-state index in [0.29, 0.717) is 23.5 Å². The lowest BCUT2D eigenvalue weighted by Crippen LogP contribution is -2.22. The molecule has 1 aromatic heterocycles. The van der Waals surface area contributed by atoms with Crippen LogP contribution in [0.3, 0.4) is 0 Å². The van der Waals surface area contributed by atoms with Gasteiger partial charge in [0.1, 0.15) is 9.84 Å². The molecule has 9 heteroatoms. The van der Waals surface area contributed by atoms with Crippen LogP contribution < -0.4 is 5.32 Å². The van der Waals surface area contributed by atoms with Crippen LogP contribution in [0, 0.1) is 0 Å². The average Bonchev–Trinajstić information content (AvgIpc) is 2.98. The Bertz CT molecular complexity index is 483. The van der Waals surface area contributed by atoms with Gasteiger partial charge in [-0.1, -0.05) is 11.8 Å². The minimum absolute atomic E-state index is 0.144. The summed E-state index contributed by atoms with van der Waals surface area (Å²) in [5.74, 6) is 0.625. The summed E-state index contributed by atoms with van der Waals surface area (Å²) in [6.45, 7) is 1.56. The first kappa shape index (κ1) is 13.8. The van der Waals surface area contributed by atoms with Gasteiger partial charge in [-0.2, -0.15) is 0 Å². The highest BCUT2D eigenvalue weighted by atomic mass is 32.2. The molecular weight excluding hydrogens is 274 g/mol. The molecule has 0 spiro atoms. The molecule has 1 aromatic rings. The summed E-state index contributed by atoms with van der Waals surface area (Å²) in [6.07, 6.45) is 3.74. The highest BCUT2D eigenvalue weighted by molar-refractivity contribution is 8.00. The second-order valence-corrected chi connectivity index (χ2v) is 7.71. The third-order valence-electron chi connectivity index (χ3n) is 2.52. The van der Waals surface area contributed by atoms with Crippen molar-refractivity contribution in [3.05, 3.63) is 0 Å². The predicted molar refractivity (Wildman–Crippen MR) is 69.3 cm³/mol. The maximum absolute atomic E-state index is 11.0. The van der Waals surface area contributed by atoms with Crippen molar-refractivity contribution in [3.63, 3.8) is 0 Å². The largest absolute Gasteiger partial charge is 0.312 e. The number of tetrazole rings is 1. The summed E-state index contributed by atoms with van der Waals surface area (Å²) in [4.78, 5) is 0. The van der Waals surface area contributed by atoms with Crippen molar-refractivity contribution in [1.29, 1.82) is 0 Å². The standard InChI is InChI=1S/C9H17N5O2S2/c1-18(15,16)7-6-17-9-11-12-13-14(9)5-4-10-8-2-3-8/h8,10H,2-7H2,1H3. The first-order valence-electron chi connectivity index (χ1n) is 5.85. The molecule has 1 N–H and O–H groups in total. The van der Waals surface area contributed by atoms with Gasteiger partial charge in [0.05, 0.1) is 12.3 Å². The van der Waals surface area contributed by atoms with E-state index in [-0.39, 0.29) is 5.75 Å². The van der Waals surface area contributed by atoms with Crippen molar-refractivity contribution in [2.75, 3.05) is 24.3 Å². The fourth-order valence-electron chi connectivity index (χ4n) is 1.39. The third kappa shape index (κ3) is 4.91. The molecule has 7 nitrogen and oxygen atoms in total. The van der Waals surface area contributed by atoms with Crippen molar-refractivity contribution < 1.29 is 8.42 Å². The Morgan fingerprint density at radius 1 is 1.50 bits per heavy atom. The van der Waals surface area contributed by atoms with Crippen LogP contribution in [0.4, 0.5) is 0 Å². The molecule has 0 saturated heterocycles. The van der Waals surface area contributed by atoms with Crippen LogP contribution in [0.1, 0.15) is 12.8 Å². The van der Waals surface area contributed by atoms with Crippen molar-refractivity contribution in [2.45, 2.75) is 30.6 Å². The van der Waals surface area contributed by atoms with Crippen LogP contribution in [-0.2, 0) is 16.4 Å². The highest BCUT2D eigenvalue weighted by Gasteiger charge is 2.20. The third-order valence-corrected chi connectivity index (χ3v) is 4.68. The van der Waals surface area contributed by atoms with E-state index in [1.165, 1.54) is 30.9 Å². The molecule has 1 fully saturated rings. The Labute approximate surface area is 111 Å². The topological polar surface area (TPSA) is 89.8 Å². The maximum Gasteiger partial charge on any atom is 0.209 e. The van der Waals surface area contributed by atoms with Gasteiger partial charge in [0.25, 0.3) is 0 Å². The van der Waals surface area contributed by atoms with Crippen molar-refractivity contribution >= 4 is 21.6 Å². The minimum atomic E-state index is -2.92. The van der Waals surface area contributed by atoms with Gasteiger partial charge in [-0.15, -0.1) is 5.10 Å². The molecule has 1 aliphatic carbocycles. The number of thioether (sulfide) groups is 1. The first-order chi connectivity index (χ1) is 8.54. The maximum atomic E-state index is 11.0. The lowest BCUT2D eigenvalue weighted by Gasteiger charge is -2.04. The molecule has 1 saturated carbocycles. The van der Waals surface area contributed by atoms with Crippen molar-refractivity contribution in [3.8, 4) is 0 Å². The zero-order valence-corrected chi connectivity index (χ0v) is 11.9. The molecule has 0 radical (unpaired) electrons. The van der Waals surface area contributed by atoms with E-state index in [9.17, 15) is 8.42 Å². The number of aromatic nitrogens is 4. The minimum Gasteiger partial charge on any atom is -0.312 e. The fraction of sp³-hybridized carbons (Fsp3) is 0.889. The molecule has 0 aromatic carbocycles. The van der Waals surface area contributed by atoms with Gasteiger partial charge in [-0.25, -0.2) is 13.1 Å². The van der Waals surface area contributed by atoms with Crippen molar-refractivity contribution in [2.24, 2.45) is 0 Å². The second kappa shape index (κ2) is 5.98. The van der Waals surface area contributed by atoms with E-state index in [4.69, 9.17) is 0 Å². The van der Waals surface area contributed by atoms with Gasteiger partial charge >= 0.3 is 0 Å². The lowest BCUT2D eigenvalue weighted by molar-refractivity contribution is 0.509. The Morgan fingerprint density at radius 3 is 2.94 bits per heavy atom. The zero-order valence-electron chi connectivity index (χ0n) is 10.2. The molecule has 18 heavy (non-hydrogen) atoms. The van der Waals surface area contributed by atoms with Crippen LogP contribution in [0.15, 0.2) is 5.16 Å². The number of hydrogen-bond donors (Lipinski definition) is 1. The van der Waals surface area contributed by atoms with Crippen LogP contribution in [0.5, 0.6) is 0 Å². The molecule has 0 unspecified atom stereocenters. The van der Waals surface area contributed by atoms with Gasteiger partial charge in [0, 0.05) is 24.6 Å². The first-order valence-corrected chi connectivity index (χ1v) is 8.89. The van der Waals surface area contributed by atoms with E-state index in [2.05, 4.69) is 20.8 Å². The number of hydrogen-bond acceptors (Lipinski definition) is 7. The van der Waals surface area contributed by atoms with Crippen LogP contribution in [-0.4, -0.2) is 59.0 Å². The molecule has 1 heterocycles. The van der Waals surface area contributed by atoms with E-state index < -0.39 is 9.84 Å². The van der Waals surface area contributed by atoms with Gasteiger partial charge in [-0.3, -0.25) is 0 Å². The number of rotatable bonds is 8. The summed E-state index contributed by atoms with van der Waals surface area (Å²) in [5.41, 5.74) is 0. The van der Waals surface area contributed by atoms with E-state index in [0.717, 1.165) is 6.54 Å². The normalized spacial score (nSPS) is 16.1. The van der Waals surface area contributed by atoms with Crippen LogP contribution in [0.2, 0.25) is 0 Å². The van der Waals surface area contributed by atoms with Gasteiger partial charge in [0.2, 0.25) is 5.16 Å². The molecular formula is C9H17N5O2S2. The number of sulfone groups is 1. The summed E-state index contributed by atoms with van der Waals surface area (Å²) < 4.78 is 23.7. The molecule has 0 bridgehead atoms. The highest BCUT2D eigenvalue weighted by Crippen LogP contribution is 2.18. The van der Waals surface area contributed by atoms with E-state index in [1.807, 2.05) is 0 Å². The summed E-state index contributed by atoms with van der Waals surface area (Å²) in [6, 6.07) is 0.669. The lowest BCUT2D eigenvalue weighted by atomic mass is 10.6. The Kier molecular flexibility index (Phi) is 4.57. The second-order valence-electron chi connectivity index (χ2n) is 4.39. The van der Waals surface area contributed by atoms with Crippen molar-refractivity contribution in [1.82, 2.24) is 25.5 Å². The van der Waals surface area contributed by atoms with Gasteiger partial charge < -0.3 is 5.32 Å². The molecule has 0 aliphatic heterocycles. The smallest absolute Gasteiger partial charge is 0.209 e. The van der Waals surface area contributed by atoms with Gasteiger partial charge in [0.15, 0.2) is 0 Å². The summed E-state index contributed by atoms with van der Waals surface area (Å²) in [7, 11) is -2.92. The Hall–Kier alpha value is -0.670. The molecule has 2 rings (SSSR count). The SMILES string of the molecule is CS(=O)(=O)CCSc1nnnn1CCNC1CC1. The number of nitrogens with zero attached hydrogens (tertiary/aromatic N) is 4. The summed E-state index contributed by atoms with van der Waals surface area (Å²) in [5, 5.41) is 15.5. The van der Waals surface area contributed by atoms with Crippen LogP contribution >= 0.6 is 11.8 Å². The molecule has 0 atom stereocenters. The Morgan fingerprint density at radius 2 is 2.28 bits per heavy atom. The average molecular weight is 291 g/mol. The summed E-state index contributed by atoms with van der Waals surface area (Å²) >= 11 is 1.37. The van der Waals surface area contributed by atoms with Gasteiger partial charge in [-0.05, 0) is 23.3 Å². The molecule has 1 aliphatic rings. The predicted octanol–water partition coefficient (Wildman–Crippen LogP) is -0.438. The molecule has 0 amide bonds. The molecule has 102 valence electrons.